The first-order valence-corrected chi connectivity index (χ1v) is 5.20. The maximum Gasteiger partial charge on any atom is 0.320 e. The summed E-state index contributed by atoms with van der Waals surface area (Å²) in [5.41, 5.74) is -0.0224. The highest BCUT2D eigenvalue weighted by molar-refractivity contribution is 6.04. The van der Waals surface area contributed by atoms with Gasteiger partial charge < -0.3 is 15.4 Å². The van der Waals surface area contributed by atoms with Crippen molar-refractivity contribution in [1.29, 1.82) is 15.9 Å². The molecule has 0 aliphatic heterocycles. The van der Waals surface area contributed by atoms with Gasteiger partial charge in [0.1, 0.15) is 17.5 Å². The van der Waals surface area contributed by atoms with Crippen LogP contribution < -0.4 is 15.4 Å². The van der Waals surface area contributed by atoms with Crippen molar-refractivity contribution in [2.75, 3.05) is 12.4 Å². The van der Waals surface area contributed by atoms with Gasteiger partial charge in [-0.1, -0.05) is 0 Å². The molecule has 1 unspecified atom stereocenters. The average Bonchev–Trinajstić information content (AvgIpc) is 2.44. The molecule has 7 heteroatoms. The molecule has 3 N–H and O–H groups in total. The average molecular weight is 257 g/mol. The maximum atomic E-state index is 11.5. The van der Waals surface area contributed by atoms with E-state index < -0.39 is 17.8 Å². The Morgan fingerprint density at radius 2 is 2.00 bits per heavy atom. The highest BCUT2D eigenvalue weighted by Crippen LogP contribution is 2.14. The molecule has 1 atom stereocenters. The lowest BCUT2D eigenvalue weighted by Crippen LogP contribution is -2.41. The largest absolute Gasteiger partial charge is 0.497 e. The number of nitrogens with zero attached hydrogens (tertiary/aromatic N) is 2. The van der Waals surface area contributed by atoms with Crippen LogP contribution in [0, 0.1) is 28.1 Å². The van der Waals surface area contributed by atoms with Gasteiger partial charge in [0.15, 0.2) is 6.04 Å². The number of ether oxygens (including phenoxy) is 1. The van der Waals surface area contributed by atoms with Gasteiger partial charge in [0, 0.05) is 5.69 Å². The summed E-state index contributed by atoms with van der Waals surface area (Å²) < 4.78 is 4.97. The van der Waals surface area contributed by atoms with E-state index in [9.17, 15) is 4.79 Å². The molecule has 1 aromatic carbocycles. The predicted octanol–water partition coefficient (Wildman–Crippen LogP) is 1.25. The number of anilines is 1. The lowest BCUT2D eigenvalue weighted by molar-refractivity contribution is 0.252. The van der Waals surface area contributed by atoms with Crippen LogP contribution in [0.25, 0.3) is 0 Å². The smallest absolute Gasteiger partial charge is 0.320 e. The molecule has 1 aromatic rings. The third-order valence-corrected chi connectivity index (χ3v) is 2.16. The van der Waals surface area contributed by atoms with Crippen molar-refractivity contribution in [3.8, 4) is 17.9 Å². The minimum Gasteiger partial charge on any atom is -0.497 e. The van der Waals surface area contributed by atoms with Crippen molar-refractivity contribution in [2.45, 2.75) is 6.04 Å². The van der Waals surface area contributed by atoms with E-state index in [0.29, 0.717) is 11.4 Å². The Labute approximate surface area is 109 Å². The molecule has 0 aliphatic carbocycles. The van der Waals surface area contributed by atoms with E-state index in [1.807, 2.05) is 0 Å². The molecule has 0 spiro atoms. The summed E-state index contributed by atoms with van der Waals surface area (Å²) in [4.78, 5) is 11.5. The molecule has 7 nitrogen and oxygen atoms in total. The molecule has 0 heterocycles. The van der Waals surface area contributed by atoms with E-state index in [1.54, 1.807) is 30.3 Å². The van der Waals surface area contributed by atoms with Crippen LogP contribution in [-0.2, 0) is 0 Å². The summed E-state index contributed by atoms with van der Waals surface area (Å²) in [5, 5.41) is 29.1. The quantitative estimate of drug-likeness (QED) is 0.702. The number of nitrogens with one attached hydrogen (secondary N) is 3. The van der Waals surface area contributed by atoms with Crippen LogP contribution in [0.4, 0.5) is 10.5 Å². The molecule has 0 aromatic heterocycles. The van der Waals surface area contributed by atoms with Gasteiger partial charge >= 0.3 is 6.03 Å². The first-order chi connectivity index (χ1) is 9.10. The number of hydrogen-bond donors (Lipinski definition) is 3. The number of methoxy groups -OCH3 is 1. The van der Waals surface area contributed by atoms with Crippen LogP contribution in [0.3, 0.4) is 0 Å². The van der Waals surface area contributed by atoms with E-state index in [0.717, 1.165) is 0 Å². The first kappa shape index (κ1) is 14.0. The zero-order chi connectivity index (χ0) is 14.3. The first-order valence-electron chi connectivity index (χ1n) is 5.20. The zero-order valence-electron chi connectivity index (χ0n) is 10.1. The van der Waals surface area contributed by atoms with Gasteiger partial charge in [0.25, 0.3) is 0 Å². The lowest BCUT2D eigenvalue weighted by Gasteiger charge is -2.10. The number of carbonyl (C=O) groups excluding carboxylic acids is 1. The predicted molar refractivity (Wildman–Crippen MR) is 67.9 cm³/mol. The number of rotatable bonds is 4. The Hall–Kier alpha value is -3.06. The fourth-order valence-corrected chi connectivity index (χ4v) is 1.21. The Morgan fingerprint density at radius 3 is 2.47 bits per heavy atom. The summed E-state index contributed by atoms with van der Waals surface area (Å²) >= 11 is 0. The maximum absolute atomic E-state index is 11.5. The van der Waals surface area contributed by atoms with Crippen LogP contribution >= 0.6 is 0 Å². The van der Waals surface area contributed by atoms with Gasteiger partial charge in [-0.25, -0.2) is 4.79 Å². The zero-order valence-corrected chi connectivity index (χ0v) is 10.1. The second-order valence-corrected chi connectivity index (χ2v) is 3.41. The van der Waals surface area contributed by atoms with Gasteiger partial charge in [-0.15, -0.1) is 0 Å². The van der Waals surface area contributed by atoms with Gasteiger partial charge in [-0.2, -0.15) is 10.5 Å². The molecule has 0 fully saturated rings. The molecule has 19 heavy (non-hydrogen) atoms. The molecule has 0 saturated heterocycles. The fourth-order valence-electron chi connectivity index (χ4n) is 1.21. The van der Waals surface area contributed by atoms with Crippen molar-refractivity contribution in [3.05, 3.63) is 24.3 Å². The molecule has 0 aliphatic rings. The normalized spacial score (nSPS) is 10.5. The van der Waals surface area contributed by atoms with Gasteiger partial charge in [0.2, 0.25) is 0 Å². The van der Waals surface area contributed by atoms with Gasteiger partial charge in [-0.3, -0.25) is 5.41 Å². The number of benzene rings is 1. The van der Waals surface area contributed by atoms with Crippen molar-refractivity contribution in [2.24, 2.45) is 0 Å². The summed E-state index contributed by atoms with van der Waals surface area (Å²) in [7, 11) is 1.53. The van der Waals surface area contributed by atoms with E-state index >= 15 is 0 Å². The fraction of sp³-hybridized carbons (Fsp3) is 0.167. The molecule has 0 saturated carbocycles. The number of amides is 2. The summed E-state index contributed by atoms with van der Waals surface area (Å²) in [6, 6.07) is 7.78. The van der Waals surface area contributed by atoms with Crippen LogP contribution in [0.1, 0.15) is 0 Å². The minimum atomic E-state index is -1.26. The van der Waals surface area contributed by atoms with Crippen molar-refractivity contribution in [1.82, 2.24) is 5.32 Å². The van der Waals surface area contributed by atoms with Crippen LogP contribution in [0.5, 0.6) is 5.75 Å². The molecule has 2 amide bonds. The Bertz CT molecular complexity index is 553. The van der Waals surface area contributed by atoms with E-state index in [-0.39, 0.29) is 0 Å². The SMILES string of the molecule is COc1ccc(NC(=O)NC(C#N)C(=N)C#N)cc1. The molecule has 0 bridgehead atoms. The summed E-state index contributed by atoms with van der Waals surface area (Å²) in [5.74, 6) is 0.645. The van der Waals surface area contributed by atoms with Crippen molar-refractivity contribution in [3.63, 3.8) is 0 Å². The van der Waals surface area contributed by atoms with Crippen LogP contribution in [0.2, 0.25) is 0 Å². The van der Waals surface area contributed by atoms with E-state index in [1.165, 1.54) is 13.2 Å². The second-order valence-electron chi connectivity index (χ2n) is 3.41. The van der Waals surface area contributed by atoms with Gasteiger partial charge in [0.05, 0.1) is 13.2 Å². The lowest BCUT2D eigenvalue weighted by atomic mass is 10.2. The van der Waals surface area contributed by atoms with Crippen LogP contribution in [-0.4, -0.2) is 24.9 Å². The third-order valence-electron chi connectivity index (χ3n) is 2.16. The van der Waals surface area contributed by atoms with Crippen molar-refractivity contribution >= 4 is 17.4 Å². The van der Waals surface area contributed by atoms with E-state index in [4.69, 9.17) is 20.7 Å². The van der Waals surface area contributed by atoms with Crippen molar-refractivity contribution < 1.29 is 9.53 Å². The minimum absolute atomic E-state index is 0.499. The molecule has 0 radical (unpaired) electrons. The number of hydrogen-bond acceptors (Lipinski definition) is 5. The number of urea groups is 1. The number of nitriles is 2. The highest BCUT2D eigenvalue weighted by atomic mass is 16.5. The molecule has 96 valence electrons. The molecular formula is C12H11N5O2. The second kappa shape index (κ2) is 6.62. The third kappa shape index (κ3) is 4.02. The topological polar surface area (TPSA) is 122 Å². The Morgan fingerprint density at radius 1 is 1.37 bits per heavy atom. The monoisotopic (exact) mass is 257 g/mol. The Kier molecular flexibility index (Phi) is 4.88. The Balaban J connectivity index is 2.62. The molecular weight excluding hydrogens is 246 g/mol. The van der Waals surface area contributed by atoms with Crippen LogP contribution in [0.15, 0.2) is 24.3 Å². The van der Waals surface area contributed by atoms with Gasteiger partial charge in [-0.05, 0) is 24.3 Å². The highest BCUT2D eigenvalue weighted by Gasteiger charge is 2.16. The standard InChI is InChI=1S/C12H11N5O2/c1-19-9-4-2-8(3-5-9)16-12(18)17-11(7-14)10(15)6-13/h2-5,11,15H,1H3,(H2,16,17,18). The molecule has 1 rings (SSSR count). The summed E-state index contributed by atoms with van der Waals surface area (Å²) in [6.07, 6.45) is 0. The summed E-state index contributed by atoms with van der Waals surface area (Å²) in [6.45, 7) is 0. The number of carbonyl (C=O) groups is 1. The van der Waals surface area contributed by atoms with E-state index in [2.05, 4.69) is 10.6 Å².